The standard InChI is InChI=1S/C16H29N3O/c1-13(16(20)18-10-4-5-11-18)19-12-3-2-8-15(19)14-7-6-9-17-14/h13-15,17H,2-12H2,1H3. The van der Waals surface area contributed by atoms with Crippen molar-refractivity contribution in [2.45, 2.75) is 70.0 Å². The van der Waals surface area contributed by atoms with Gasteiger partial charge in [0.2, 0.25) is 5.91 Å². The van der Waals surface area contributed by atoms with Crippen molar-refractivity contribution in [3.8, 4) is 0 Å². The summed E-state index contributed by atoms with van der Waals surface area (Å²) >= 11 is 0. The molecule has 0 spiro atoms. The molecule has 0 radical (unpaired) electrons. The lowest BCUT2D eigenvalue weighted by atomic mass is 9.93. The Morgan fingerprint density at radius 3 is 2.50 bits per heavy atom. The van der Waals surface area contributed by atoms with Crippen molar-refractivity contribution in [1.82, 2.24) is 15.1 Å². The number of piperidine rings is 1. The van der Waals surface area contributed by atoms with E-state index in [0.29, 0.717) is 18.0 Å². The van der Waals surface area contributed by atoms with Gasteiger partial charge in [-0.25, -0.2) is 0 Å². The smallest absolute Gasteiger partial charge is 0.239 e. The number of carbonyl (C=O) groups is 1. The van der Waals surface area contributed by atoms with E-state index in [9.17, 15) is 4.79 Å². The van der Waals surface area contributed by atoms with E-state index < -0.39 is 0 Å². The maximum Gasteiger partial charge on any atom is 0.239 e. The average molecular weight is 279 g/mol. The van der Waals surface area contributed by atoms with Crippen LogP contribution in [0.25, 0.3) is 0 Å². The van der Waals surface area contributed by atoms with Gasteiger partial charge in [-0.1, -0.05) is 6.42 Å². The maximum atomic E-state index is 12.7. The van der Waals surface area contributed by atoms with E-state index in [2.05, 4.69) is 22.0 Å². The van der Waals surface area contributed by atoms with Gasteiger partial charge in [-0.05, 0) is 58.5 Å². The fourth-order valence-corrected chi connectivity index (χ4v) is 4.28. The Morgan fingerprint density at radius 2 is 1.80 bits per heavy atom. The van der Waals surface area contributed by atoms with Crippen molar-refractivity contribution in [2.24, 2.45) is 0 Å². The lowest BCUT2D eigenvalue weighted by Gasteiger charge is -2.43. The number of hydrogen-bond donors (Lipinski definition) is 1. The third kappa shape index (κ3) is 2.86. The van der Waals surface area contributed by atoms with Crippen molar-refractivity contribution in [1.29, 1.82) is 0 Å². The van der Waals surface area contributed by atoms with Crippen LogP contribution in [0.15, 0.2) is 0 Å². The largest absolute Gasteiger partial charge is 0.341 e. The van der Waals surface area contributed by atoms with Gasteiger partial charge in [-0.15, -0.1) is 0 Å². The minimum Gasteiger partial charge on any atom is -0.341 e. The molecule has 3 rings (SSSR count). The van der Waals surface area contributed by atoms with Gasteiger partial charge >= 0.3 is 0 Å². The third-order valence-corrected chi connectivity index (χ3v) is 5.43. The predicted molar refractivity (Wildman–Crippen MR) is 80.6 cm³/mol. The first-order valence-electron chi connectivity index (χ1n) is 8.55. The fourth-order valence-electron chi connectivity index (χ4n) is 4.28. The number of nitrogens with one attached hydrogen (secondary N) is 1. The van der Waals surface area contributed by atoms with Gasteiger partial charge in [0, 0.05) is 25.2 Å². The van der Waals surface area contributed by atoms with Crippen LogP contribution < -0.4 is 5.32 Å². The highest BCUT2D eigenvalue weighted by molar-refractivity contribution is 5.81. The third-order valence-electron chi connectivity index (χ3n) is 5.43. The molecule has 0 aromatic carbocycles. The Kier molecular flexibility index (Phi) is 4.61. The SMILES string of the molecule is CC(C(=O)N1CCCC1)N1CCCCC1C1CCCN1. The van der Waals surface area contributed by atoms with Crippen molar-refractivity contribution < 1.29 is 4.79 Å². The molecule has 20 heavy (non-hydrogen) atoms. The first-order valence-corrected chi connectivity index (χ1v) is 8.55. The average Bonchev–Trinajstić information content (AvgIpc) is 3.18. The highest BCUT2D eigenvalue weighted by Gasteiger charge is 2.37. The zero-order valence-electron chi connectivity index (χ0n) is 12.8. The fraction of sp³-hybridized carbons (Fsp3) is 0.938. The normalized spacial score (nSPS) is 33.5. The molecule has 114 valence electrons. The molecule has 0 aromatic heterocycles. The second-order valence-corrected chi connectivity index (χ2v) is 6.71. The van der Waals surface area contributed by atoms with E-state index in [1.54, 1.807) is 0 Å². The lowest BCUT2D eigenvalue weighted by Crippen LogP contribution is -2.57. The molecule has 3 saturated heterocycles. The van der Waals surface area contributed by atoms with Gasteiger partial charge in [0.05, 0.1) is 6.04 Å². The summed E-state index contributed by atoms with van der Waals surface area (Å²) in [5.41, 5.74) is 0. The topological polar surface area (TPSA) is 35.6 Å². The minimum atomic E-state index is 0.0702. The van der Waals surface area contributed by atoms with Crippen molar-refractivity contribution in [3.05, 3.63) is 0 Å². The molecule has 3 fully saturated rings. The van der Waals surface area contributed by atoms with Crippen LogP contribution in [0.2, 0.25) is 0 Å². The predicted octanol–water partition coefficient (Wildman–Crippen LogP) is 1.60. The quantitative estimate of drug-likeness (QED) is 0.852. The zero-order chi connectivity index (χ0) is 13.9. The molecule has 3 unspecified atom stereocenters. The molecule has 3 heterocycles. The van der Waals surface area contributed by atoms with Crippen LogP contribution in [0.1, 0.15) is 51.9 Å². The Hall–Kier alpha value is -0.610. The number of amides is 1. The van der Waals surface area contributed by atoms with E-state index >= 15 is 0 Å². The van der Waals surface area contributed by atoms with Gasteiger partial charge < -0.3 is 10.2 Å². The summed E-state index contributed by atoms with van der Waals surface area (Å²) in [5, 5.41) is 3.65. The van der Waals surface area contributed by atoms with Gasteiger partial charge in [0.25, 0.3) is 0 Å². The van der Waals surface area contributed by atoms with Crippen molar-refractivity contribution in [2.75, 3.05) is 26.2 Å². The second kappa shape index (κ2) is 6.44. The Bertz CT molecular complexity index is 335. The first kappa shape index (κ1) is 14.3. The number of hydrogen-bond acceptors (Lipinski definition) is 3. The van der Waals surface area contributed by atoms with Gasteiger partial charge in [-0.2, -0.15) is 0 Å². The van der Waals surface area contributed by atoms with E-state index in [1.165, 1.54) is 44.9 Å². The second-order valence-electron chi connectivity index (χ2n) is 6.71. The molecule has 1 N–H and O–H groups in total. The molecule has 3 aliphatic heterocycles. The molecule has 0 aliphatic carbocycles. The van der Waals surface area contributed by atoms with E-state index in [0.717, 1.165) is 26.2 Å². The molecule has 3 aliphatic rings. The van der Waals surface area contributed by atoms with Crippen LogP contribution in [0, 0.1) is 0 Å². The Morgan fingerprint density at radius 1 is 1.05 bits per heavy atom. The number of likely N-dealkylation sites (tertiary alicyclic amines) is 2. The Balaban J connectivity index is 1.66. The summed E-state index contributed by atoms with van der Waals surface area (Å²) in [6.07, 6.45) is 8.79. The monoisotopic (exact) mass is 279 g/mol. The minimum absolute atomic E-state index is 0.0702. The number of nitrogens with zero attached hydrogens (tertiary/aromatic N) is 2. The molecule has 1 amide bonds. The first-order chi connectivity index (χ1) is 9.77. The molecule has 0 bridgehead atoms. The van der Waals surface area contributed by atoms with Crippen LogP contribution in [0.4, 0.5) is 0 Å². The van der Waals surface area contributed by atoms with Crippen LogP contribution in [-0.2, 0) is 4.79 Å². The molecule has 3 atom stereocenters. The summed E-state index contributed by atoms with van der Waals surface area (Å²) in [6, 6.07) is 1.26. The van der Waals surface area contributed by atoms with Crippen LogP contribution in [-0.4, -0.2) is 60.0 Å². The van der Waals surface area contributed by atoms with Crippen molar-refractivity contribution in [3.63, 3.8) is 0 Å². The van der Waals surface area contributed by atoms with Crippen molar-refractivity contribution >= 4 is 5.91 Å². The van der Waals surface area contributed by atoms with E-state index in [4.69, 9.17) is 0 Å². The summed E-state index contributed by atoms with van der Waals surface area (Å²) < 4.78 is 0. The molecular formula is C16H29N3O. The number of carbonyl (C=O) groups excluding carboxylic acids is 1. The molecular weight excluding hydrogens is 250 g/mol. The van der Waals surface area contributed by atoms with E-state index in [-0.39, 0.29) is 6.04 Å². The zero-order valence-corrected chi connectivity index (χ0v) is 12.8. The molecule has 4 heteroatoms. The number of rotatable bonds is 3. The van der Waals surface area contributed by atoms with E-state index in [1.807, 2.05) is 0 Å². The van der Waals surface area contributed by atoms with Gasteiger partial charge in [0.1, 0.15) is 0 Å². The molecule has 0 saturated carbocycles. The highest BCUT2D eigenvalue weighted by atomic mass is 16.2. The summed E-state index contributed by atoms with van der Waals surface area (Å²) in [6.45, 7) is 6.34. The van der Waals surface area contributed by atoms with Gasteiger partial charge in [0.15, 0.2) is 0 Å². The van der Waals surface area contributed by atoms with Crippen LogP contribution in [0.3, 0.4) is 0 Å². The van der Waals surface area contributed by atoms with Crippen LogP contribution in [0.5, 0.6) is 0 Å². The summed E-state index contributed by atoms with van der Waals surface area (Å²) in [4.78, 5) is 17.3. The summed E-state index contributed by atoms with van der Waals surface area (Å²) in [7, 11) is 0. The maximum absolute atomic E-state index is 12.7. The molecule has 0 aromatic rings. The highest BCUT2D eigenvalue weighted by Crippen LogP contribution is 2.27. The summed E-state index contributed by atoms with van der Waals surface area (Å²) in [5.74, 6) is 0.368. The lowest BCUT2D eigenvalue weighted by molar-refractivity contribution is -0.137. The van der Waals surface area contributed by atoms with Crippen LogP contribution >= 0.6 is 0 Å². The Labute approximate surface area is 122 Å². The molecule has 4 nitrogen and oxygen atoms in total. The van der Waals surface area contributed by atoms with Gasteiger partial charge in [-0.3, -0.25) is 9.69 Å².